The van der Waals surface area contributed by atoms with Gasteiger partial charge in [0.2, 0.25) is 5.91 Å². The molecule has 20 heavy (non-hydrogen) atoms. The number of hydrogen-bond donors (Lipinski definition) is 1. The van der Waals surface area contributed by atoms with Gasteiger partial charge < -0.3 is 10.0 Å². The van der Waals surface area contributed by atoms with Gasteiger partial charge in [0.15, 0.2) is 0 Å². The first-order valence-corrected chi connectivity index (χ1v) is 7.81. The molecule has 0 aliphatic carbocycles. The maximum atomic E-state index is 11.8. The molecule has 3 nitrogen and oxygen atoms in total. The second-order valence-corrected chi connectivity index (χ2v) is 5.67. The molecule has 1 aromatic carbocycles. The lowest BCUT2D eigenvalue weighted by Gasteiger charge is -2.14. The van der Waals surface area contributed by atoms with Crippen molar-refractivity contribution in [1.82, 2.24) is 4.90 Å². The van der Waals surface area contributed by atoms with Crippen LogP contribution >= 0.6 is 0 Å². The van der Waals surface area contributed by atoms with Crippen molar-refractivity contribution < 1.29 is 9.90 Å². The Labute approximate surface area is 121 Å². The van der Waals surface area contributed by atoms with Crippen LogP contribution in [0.2, 0.25) is 0 Å². The van der Waals surface area contributed by atoms with Crippen molar-refractivity contribution in [3.05, 3.63) is 29.8 Å². The minimum absolute atomic E-state index is 0.328. The zero-order chi connectivity index (χ0) is 14.2. The Morgan fingerprint density at radius 1 is 1.00 bits per heavy atom. The number of carbonyl (C=O) groups is 1. The van der Waals surface area contributed by atoms with E-state index in [9.17, 15) is 9.90 Å². The van der Waals surface area contributed by atoms with Crippen LogP contribution in [0.1, 0.15) is 50.5 Å². The van der Waals surface area contributed by atoms with Crippen LogP contribution in [0.4, 0.5) is 0 Å². The molecule has 1 aliphatic rings. The van der Waals surface area contributed by atoms with Crippen molar-refractivity contribution in [2.45, 2.75) is 51.4 Å². The number of hydrogen-bond acceptors (Lipinski definition) is 2. The van der Waals surface area contributed by atoms with Gasteiger partial charge >= 0.3 is 0 Å². The molecule has 0 bridgehead atoms. The Morgan fingerprint density at radius 2 is 1.65 bits per heavy atom. The molecule has 1 aromatic rings. The van der Waals surface area contributed by atoms with Gasteiger partial charge in [0.25, 0.3) is 0 Å². The first-order chi connectivity index (χ1) is 9.75. The number of phenols is 1. The Balaban J connectivity index is 1.51. The quantitative estimate of drug-likeness (QED) is 0.774. The van der Waals surface area contributed by atoms with Gasteiger partial charge in [0, 0.05) is 19.5 Å². The summed E-state index contributed by atoms with van der Waals surface area (Å²) in [4.78, 5) is 13.8. The standard InChI is InChI=1S/C17H25NO2/c19-16-11-9-15(10-12-16)7-3-1-2-4-8-17(20)18-13-5-6-14-18/h9-12,19H,1-8,13-14H2. The largest absolute Gasteiger partial charge is 0.508 e. The number of benzene rings is 1. The summed E-state index contributed by atoms with van der Waals surface area (Å²) in [5, 5.41) is 9.20. The molecule has 1 amide bonds. The van der Waals surface area contributed by atoms with Gasteiger partial charge in [-0.25, -0.2) is 0 Å². The van der Waals surface area contributed by atoms with Gasteiger partial charge in [-0.2, -0.15) is 0 Å². The first-order valence-electron chi connectivity index (χ1n) is 7.81. The van der Waals surface area contributed by atoms with E-state index in [4.69, 9.17) is 0 Å². The number of rotatable bonds is 7. The molecule has 110 valence electrons. The van der Waals surface area contributed by atoms with E-state index in [1.54, 1.807) is 12.1 Å². The van der Waals surface area contributed by atoms with E-state index in [1.807, 2.05) is 17.0 Å². The van der Waals surface area contributed by atoms with E-state index in [0.29, 0.717) is 11.7 Å². The van der Waals surface area contributed by atoms with Crippen molar-refractivity contribution in [3.63, 3.8) is 0 Å². The molecule has 0 aromatic heterocycles. The minimum Gasteiger partial charge on any atom is -0.508 e. The molecule has 0 saturated carbocycles. The van der Waals surface area contributed by atoms with Gasteiger partial charge in [-0.3, -0.25) is 4.79 Å². The van der Waals surface area contributed by atoms with Gasteiger partial charge in [0.05, 0.1) is 0 Å². The third kappa shape index (κ3) is 4.87. The van der Waals surface area contributed by atoms with E-state index in [-0.39, 0.29) is 0 Å². The summed E-state index contributed by atoms with van der Waals surface area (Å²) < 4.78 is 0. The smallest absolute Gasteiger partial charge is 0.222 e. The van der Waals surface area contributed by atoms with Crippen LogP contribution in [0.5, 0.6) is 5.75 Å². The molecule has 0 radical (unpaired) electrons. The molecule has 1 saturated heterocycles. The van der Waals surface area contributed by atoms with Crippen LogP contribution in [0.3, 0.4) is 0 Å². The number of phenolic OH excluding ortho intramolecular Hbond substituents is 1. The second kappa shape index (κ2) is 7.93. The van der Waals surface area contributed by atoms with E-state index in [1.165, 1.54) is 24.8 Å². The highest BCUT2D eigenvalue weighted by atomic mass is 16.3. The first kappa shape index (κ1) is 14.9. The molecule has 1 fully saturated rings. The predicted octanol–water partition coefficient (Wildman–Crippen LogP) is 3.51. The second-order valence-electron chi connectivity index (χ2n) is 5.67. The van der Waals surface area contributed by atoms with Crippen molar-refractivity contribution in [3.8, 4) is 5.75 Å². The number of nitrogens with zero attached hydrogens (tertiary/aromatic N) is 1. The molecular weight excluding hydrogens is 250 g/mol. The van der Waals surface area contributed by atoms with Crippen LogP contribution in [0.15, 0.2) is 24.3 Å². The lowest BCUT2D eigenvalue weighted by molar-refractivity contribution is -0.130. The maximum absolute atomic E-state index is 11.8. The highest BCUT2D eigenvalue weighted by Crippen LogP contribution is 2.14. The lowest BCUT2D eigenvalue weighted by Crippen LogP contribution is -2.27. The summed E-state index contributed by atoms with van der Waals surface area (Å²) >= 11 is 0. The Morgan fingerprint density at radius 3 is 2.35 bits per heavy atom. The highest BCUT2D eigenvalue weighted by molar-refractivity contribution is 5.76. The predicted molar refractivity (Wildman–Crippen MR) is 80.7 cm³/mol. The maximum Gasteiger partial charge on any atom is 0.222 e. The summed E-state index contributed by atoms with van der Waals surface area (Å²) in [7, 11) is 0. The van der Waals surface area contributed by atoms with E-state index < -0.39 is 0 Å². The molecular formula is C17H25NO2. The number of carbonyl (C=O) groups excluding carboxylic acids is 1. The minimum atomic E-state index is 0.328. The topological polar surface area (TPSA) is 40.5 Å². The van der Waals surface area contributed by atoms with E-state index in [0.717, 1.165) is 45.2 Å². The average molecular weight is 275 g/mol. The van der Waals surface area contributed by atoms with Crippen molar-refractivity contribution >= 4 is 5.91 Å². The molecule has 2 rings (SSSR count). The fraction of sp³-hybridized carbons (Fsp3) is 0.588. The van der Waals surface area contributed by atoms with Gasteiger partial charge in [-0.05, 0) is 49.8 Å². The van der Waals surface area contributed by atoms with Gasteiger partial charge in [-0.15, -0.1) is 0 Å². The molecule has 1 N–H and O–H groups in total. The van der Waals surface area contributed by atoms with Crippen LogP contribution < -0.4 is 0 Å². The molecule has 3 heteroatoms. The number of aryl methyl sites for hydroxylation is 1. The summed E-state index contributed by atoms with van der Waals surface area (Å²) in [6, 6.07) is 7.44. The van der Waals surface area contributed by atoms with Gasteiger partial charge in [0.1, 0.15) is 5.75 Å². The van der Waals surface area contributed by atoms with Crippen molar-refractivity contribution in [2.75, 3.05) is 13.1 Å². The number of amides is 1. The summed E-state index contributed by atoms with van der Waals surface area (Å²) in [6.07, 6.45) is 8.62. The van der Waals surface area contributed by atoms with Crippen molar-refractivity contribution in [1.29, 1.82) is 0 Å². The summed E-state index contributed by atoms with van der Waals surface area (Å²) in [6.45, 7) is 1.94. The zero-order valence-electron chi connectivity index (χ0n) is 12.2. The summed E-state index contributed by atoms with van der Waals surface area (Å²) in [5.41, 5.74) is 1.27. The van der Waals surface area contributed by atoms with Crippen LogP contribution in [-0.2, 0) is 11.2 Å². The Hall–Kier alpha value is -1.51. The fourth-order valence-electron chi connectivity index (χ4n) is 2.75. The summed E-state index contributed by atoms with van der Waals surface area (Å²) in [5.74, 6) is 0.676. The Bertz CT molecular complexity index is 408. The Kier molecular flexibility index (Phi) is 5.90. The SMILES string of the molecule is O=C(CCCCCCc1ccc(O)cc1)N1CCCC1. The highest BCUT2D eigenvalue weighted by Gasteiger charge is 2.16. The number of aromatic hydroxyl groups is 1. The molecule has 1 aliphatic heterocycles. The molecule has 1 heterocycles. The van der Waals surface area contributed by atoms with Crippen LogP contribution in [-0.4, -0.2) is 29.0 Å². The van der Waals surface area contributed by atoms with Crippen LogP contribution in [0.25, 0.3) is 0 Å². The monoisotopic (exact) mass is 275 g/mol. The molecule has 0 atom stereocenters. The normalized spacial score (nSPS) is 14.7. The van der Waals surface area contributed by atoms with E-state index in [2.05, 4.69) is 0 Å². The molecule has 0 spiro atoms. The third-order valence-electron chi connectivity index (χ3n) is 4.00. The molecule has 0 unspecified atom stereocenters. The van der Waals surface area contributed by atoms with Crippen LogP contribution in [0, 0.1) is 0 Å². The number of likely N-dealkylation sites (tertiary alicyclic amines) is 1. The fourth-order valence-corrected chi connectivity index (χ4v) is 2.75. The van der Waals surface area contributed by atoms with Crippen molar-refractivity contribution in [2.24, 2.45) is 0 Å². The zero-order valence-corrected chi connectivity index (χ0v) is 12.2. The van der Waals surface area contributed by atoms with E-state index >= 15 is 0 Å². The third-order valence-corrected chi connectivity index (χ3v) is 4.00. The lowest BCUT2D eigenvalue weighted by atomic mass is 10.1. The average Bonchev–Trinajstić information content (AvgIpc) is 2.98. The van der Waals surface area contributed by atoms with Gasteiger partial charge in [-0.1, -0.05) is 25.0 Å². The number of unbranched alkanes of at least 4 members (excludes halogenated alkanes) is 3.